The number of nitrogens with zero attached hydrogens (tertiary/aromatic N) is 3. The molecule has 0 unspecified atom stereocenters. The number of ether oxygens (including phenoxy) is 2. The molecule has 0 aliphatic rings. The highest BCUT2D eigenvalue weighted by atomic mass is 35.5. The molecule has 0 amide bonds. The van der Waals surface area contributed by atoms with Gasteiger partial charge in [-0.3, -0.25) is 4.98 Å². The van der Waals surface area contributed by atoms with Crippen LogP contribution in [0.5, 0.6) is 11.5 Å². The second kappa shape index (κ2) is 9.80. The number of hydrogen-bond acceptors (Lipinski definition) is 6. The number of aromatic nitrogens is 4. The van der Waals surface area contributed by atoms with Gasteiger partial charge in [0.1, 0.15) is 12.4 Å². The van der Waals surface area contributed by atoms with E-state index in [0.717, 1.165) is 11.1 Å². The predicted octanol–water partition coefficient (Wildman–Crippen LogP) is 5.13. The van der Waals surface area contributed by atoms with Gasteiger partial charge < -0.3 is 14.9 Å². The monoisotopic (exact) mass is 471 g/mol. The number of pyridine rings is 1. The lowest BCUT2D eigenvalue weighted by Crippen LogP contribution is -2.16. The maximum absolute atomic E-state index is 13.2. The zero-order valence-corrected chi connectivity index (χ0v) is 18.6. The minimum Gasteiger partial charge on any atom is -0.493 e. The normalized spacial score (nSPS) is 10.7. The Kier molecular flexibility index (Phi) is 6.67. The average Bonchev–Trinajstić information content (AvgIpc) is 3.18. The average molecular weight is 472 g/mol. The molecular formula is C22H19ClFN5O2S. The van der Waals surface area contributed by atoms with Gasteiger partial charge in [0.05, 0.1) is 18.7 Å². The van der Waals surface area contributed by atoms with Crippen molar-refractivity contribution in [2.75, 3.05) is 12.5 Å². The largest absolute Gasteiger partial charge is 0.493 e. The number of benzene rings is 2. The molecule has 0 aliphatic heterocycles. The Balaban J connectivity index is 1.47. The molecule has 7 nitrogen and oxygen atoms in total. The number of aromatic amines is 1. The van der Waals surface area contributed by atoms with Crippen molar-refractivity contribution in [2.24, 2.45) is 0 Å². The molecule has 0 atom stereocenters. The van der Waals surface area contributed by atoms with Crippen molar-refractivity contribution in [1.29, 1.82) is 0 Å². The molecule has 4 aromatic rings. The van der Waals surface area contributed by atoms with Crippen LogP contribution in [0.4, 0.5) is 4.39 Å². The minimum absolute atomic E-state index is 0.187. The quantitative estimate of drug-likeness (QED) is 0.347. The molecule has 0 fully saturated rings. The minimum atomic E-state index is -0.391. The molecule has 0 saturated heterocycles. The molecule has 164 valence electrons. The third-order valence-electron chi connectivity index (χ3n) is 4.68. The van der Waals surface area contributed by atoms with E-state index in [9.17, 15) is 4.39 Å². The van der Waals surface area contributed by atoms with E-state index in [1.807, 2.05) is 30.3 Å². The van der Waals surface area contributed by atoms with Crippen LogP contribution in [0.15, 0.2) is 60.9 Å². The van der Waals surface area contributed by atoms with Crippen molar-refractivity contribution in [1.82, 2.24) is 19.9 Å². The molecule has 2 aromatic heterocycles. The van der Waals surface area contributed by atoms with Crippen LogP contribution in [0, 0.1) is 10.6 Å². The van der Waals surface area contributed by atoms with Crippen LogP contribution in [-0.2, 0) is 13.2 Å². The number of H-pyrrole nitrogens is 1. The van der Waals surface area contributed by atoms with Gasteiger partial charge in [-0.25, -0.2) is 14.2 Å². The Labute approximate surface area is 193 Å². The maximum Gasteiger partial charge on any atom is 0.214 e. The summed E-state index contributed by atoms with van der Waals surface area (Å²) in [5.74, 6) is 1.38. The number of nitrogens with one attached hydrogen (secondary N) is 2. The highest BCUT2D eigenvalue weighted by Gasteiger charge is 2.11. The molecule has 0 saturated carbocycles. The summed E-state index contributed by atoms with van der Waals surface area (Å²) < 4.78 is 26.7. The van der Waals surface area contributed by atoms with E-state index in [2.05, 4.69) is 20.6 Å². The summed E-state index contributed by atoms with van der Waals surface area (Å²) >= 11 is 11.4. The zero-order valence-electron chi connectivity index (χ0n) is 17.0. The molecule has 0 bridgehead atoms. The molecule has 0 radical (unpaired) electrons. The lowest BCUT2D eigenvalue weighted by molar-refractivity contribution is 0.284. The summed E-state index contributed by atoms with van der Waals surface area (Å²) in [6, 6.07) is 13.5. The van der Waals surface area contributed by atoms with Crippen molar-refractivity contribution >= 4 is 23.8 Å². The van der Waals surface area contributed by atoms with Gasteiger partial charge in [-0.15, -0.1) is 0 Å². The van der Waals surface area contributed by atoms with E-state index in [-0.39, 0.29) is 6.61 Å². The Morgan fingerprint density at radius 1 is 1.12 bits per heavy atom. The van der Waals surface area contributed by atoms with E-state index in [1.165, 1.54) is 12.1 Å². The Morgan fingerprint density at radius 2 is 1.94 bits per heavy atom. The van der Waals surface area contributed by atoms with E-state index in [0.29, 0.717) is 39.2 Å². The molecule has 2 heterocycles. The second-order valence-corrected chi connectivity index (χ2v) is 7.56. The van der Waals surface area contributed by atoms with Gasteiger partial charge in [0, 0.05) is 23.5 Å². The van der Waals surface area contributed by atoms with Gasteiger partial charge in [-0.05, 0) is 54.2 Å². The fourth-order valence-corrected chi connectivity index (χ4v) is 3.46. The lowest BCUT2D eigenvalue weighted by Gasteiger charge is -2.14. The third kappa shape index (κ3) is 4.90. The molecule has 2 N–H and O–H groups in total. The Bertz CT molecular complexity index is 1280. The fraction of sp³-hybridized carbons (Fsp3) is 0.136. The van der Waals surface area contributed by atoms with Gasteiger partial charge in [0.25, 0.3) is 0 Å². The number of methoxy groups -OCH3 is 1. The maximum atomic E-state index is 13.2. The lowest BCUT2D eigenvalue weighted by atomic mass is 10.2. The Hall–Kier alpha value is -3.43. The van der Waals surface area contributed by atoms with Crippen LogP contribution >= 0.6 is 23.8 Å². The smallest absolute Gasteiger partial charge is 0.214 e. The van der Waals surface area contributed by atoms with Crippen LogP contribution in [-0.4, -0.2) is 27.0 Å². The van der Waals surface area contributed by atoms with E-state index >= 15 is 0 Å². The summed E-state index contributed by atoms with van der Waals surface area (Å²) in [6.07, 6.45) is 3.39. The van der Waals surface area contributed by atoms with Crippen molar-refractivity contribution in [2.45, 2.75) is 13.2 Å². The topological polar surface area (TPSA) is 77.0 Å². The van der Waals surface area contributed by atoms with Crippen molar-refractivity contribution in [3.8, 4) is 22.9 Å². The third-order valence-corrected chi connectivity index (χ3v) is 5.30. The van der Waals surface area contributed by atoms with Crippen LogP contribution < -0.4 is 14.9 Å². The molecule has 2 aromatic carbocycles. The number of halogens is 2. The summed E-state index contributed by atoms with van der Waals surface area (Å²) in [5.41, 5.74) is 5.76. The summed E-state index contributed by atoms with van der Waals surface area (Å²) in [5, 5.41) is 7.40. The van der Waals surface area contributed by atoms with Crippen LogP contribution in [0.1, 0.15) is 11.1 Å². The van der Waals surface area contributed by atoms with Gasteiger partial charge in [-0.1, -0.05) is 23.7 Å². The van der Waals surface area contributed by atoms with Gasteiger partial charge in [0.2, 0.25) is 4.77 Å². The first-order chi connectivity index (χ1) is 15.5. The van der Waals surface area contributed by atoms with Gasteiger partial charge >= 0.3 is 0 Å². The molecule has 0 spiro atoms. The van der Waals surface area contributed by atoms with E-state index in [1.54, 1.807) is 30.2 Å². The van der Waals surface area contributed by atoms with Crippen LogP contribution in [0.2, 0.25) is 5.02 Å². The number of rotatable bonds is 8. The standard InChI is InChI=1S/C22H19ClFN5O2S/c1-30-20-10-14(2-5-19(20)31-13-16-3-4-17(24)11-18(16)23)12-26-29-21(27-28-22(29)32)15-6-8-25-9-7-15/h2-11,26H,12-13H2,1H3,(H,28,32). The number of hydrogen-bond donors (Lipinski definition) is 2. The first-order valence-corrected chi connectivity index (χ1v) is 10.4. The van der Waals surface area contributed by atoms with Crippen molar-refractivity contribution in [3.63, 3.8) is 0 Å². The van der Waals surface area contributed by atoms with Crippen LogP contribution in [0.3, 0.4) is 0 Å². The van der Waals surface area contributed by atoms with Crippen LogP contribution in [0.25, 0.3) is 11.4 Å². The highest BCUT2D eigenvalue weighted by Crippen LogP contribution is 2.30. The highest BCUT2D eigenvalue weighted by molar-refractivity contribution is 7.71. The summed E-state index contributed by atoms with van der Waals surface area (Å²) in [7, 11) is 1.57. The van der Waals surface area contributed by atoms with Crippen molar-refractivity contribution in [3.05, 3.63) is 87.7 Å². The first-order valence-electron chi connectivity index (χ1n) is 9.60. The fourth-order valence-electron chi connectivity index (χ4n) is 3.04. The molecule has 32 heavy (non-hydrogen) atoms. The van der Waals surface area contributed by atoms with Gasteiger partial charge in [0.15, 0.2) is 17.3 Å². The van der Waals surface area contributed by atoms with E-state index < -0.39 is 5.82 Å². The molecule has 10 heteroatoms. The molecule has 4 rings (SSSR count). The summed E-state index contributed by atoms with van der Waals surface area (Å²) in [6.45, 7) is 0.652. The Morgan fingerprint density at radius 3 is 2.69 bits per heavy atom. The van der Waals surface area contributed by atoms with Gasteiger partial charge in [-0.2, -0.15) is 5.10 Å². The molecule has 0 aliphatic carbocycles. The molecular weight excluding hydrogens is 453 g/mol. The van der Waals surface area contributed by atoms with Crippen molar-refractivity contribution < 1.29 is 13.9 Å². The predicted molar refractivity (Wildman–Crippen MR) is 122 cm³/mol. The second-order valence-electron chi connectivity index (χ2n) is 6.77. The zero-order chi connectivity index (χ0) is 22.5. The first kappa shape index (κ1) is 21.8. The van der Waals surface area contributed by atoms with E-state index in [4.69, 9.17) is 33.3 Å². The summed E-state index contributed by atoms with van der Waals surface area (Å²) in [4.78, 5) is 4.03. The SMILES string of the molecule is COc1cc(CNn2c(-c3ccncc3)n[nH]c2=S)ccc1OCc1ccc(F)cc1Cl.